The van der Waals surface area contributed by atoms with Crippen LogP contribution < -0.4 is 5.32 Å². The van der Waals surface area contributed by atoms with E-state index >= 15 is 0 Å². The van der Waals surface area contributed by atoms with Crippen molar-refractivity contribution in [3.8, 4) is 11.8 Å². The SMILES string of the molecule is Cc1noc(CCNCC#Cc2ccccc2)n1. The Morgan fingerprint density at radius 3 is 2.83 bits per heavy atom. The topological polar surface area (TPSA) is 51.0 Å². The first-order valence-corrected chi connectivity index (χ1v) is 5.88. The Morgan fingerprint density at radius 2 is 2.11 bits per heavy atom. The molecule has 0 aliphatic carbocycles. The van der Waals surface area contributed by atoms with Crippen LogP contribution in [0.25, 0.3) is 0 Å². The lowest BCUT2D eigenvalue weighted by Crippen LogP contribution is -2.17. The molecule has 0 aliphatic rings. The molecule has 0 saturated carbocycles. The highest BCUT2D eigenvalue weighted by molar-refractivity contribution is 5.33. The fraction of sp³-hybridized carbons (Fsp3) is 0.286. The van der Waals surface area contributed by atoms with Gasteiger partial charge in [-0.25, -0.2) is 0 Å². The van der Waals surface area contributed by atoms with E-state index in [0.717, 1.165) is 18.5 Å². The number of hydrogen-bond acceptors (Lipinski definition) is 4. The number of nitrogens with one attached hydrogen (secondary N) is 1. The van der Waals surface area contributed by atoms with Gasteiger partial charge in [0, 0.05) is 18.5 Å². The maximum absolute atomic E-state index is 5.00. The maximum Gasteiger partial charge on any atom is 0.227 e. The third-order valence-electron chi connectivity index (χ3n) is 2.31. The Labute approximate surface area is 106 Å². The van der Waals surface area contributed by atoms with Crippen molar-refractivity contribution < 1.29 is 4.52 Å². The Morgan fingerprint density at radius 1 is 1.28 bits per heavy atom. The number of hydrogen-bond donors (Lipinski definition) is 1. The van der Waals surface area contributed by atoms with Crippen LogP contribution in [0.4, 0.5) is 0 Å². The molecule has 0 unspecified atom stereocenters. The van der Waals surface area contributed by atoms with Gasteiger partial charge in [0.2, 0.25) is 5.89 Å². The normalized spacial score (nSPS) is 9.83. The van der Waals surface area contributed by atoms with Gasteiger partial charge in [-0.05, 0) is 19.1 Å². The standard InChI is InChI=1S/C14H15N3O/c1-12-16-14(18-17-12)9-11-15-10-5-8-13-6-3-2-4-7-13/h2-4,6-7,15H,9-11H2,1H3. The Balaban J connectivity index is 1.66. The van der Waals surface area contributed by atoms with Crippen molar-refractivity contribution in [2.45, 2.75) is 13.3 Å². The average Bonchev–Trinajstić information content (AvgIpc) is 2.81. The lowest BCUT2D eigenvalue weighted by molar-refractivity contribution is 0.373. The first kappa shape index (κ1) is 12.3. The number of aromatic nitrogens is 2. The Hall–Kier alpha value is -2.12. The van der Waals surface area contributed by atoms with Crippen molar-refractivity contribution >= 4 is 0 Å². The van der Waals surface area contributed by atoms with E-state index in [1.165, 1.54) is 0 Å². The van der Waals surface area contributed by atoms with Crippen LogP contribution in [0.2, 0.25) is 0 Å². The molecule has 0 radical (unpaired) electrons. The van der Waals surface area contributed by atoms with Gasteiger partial charge in [0.1, 0.15) is 0 Å². The highest BCUT2D eigenvalue weighted by Crippen LogP contribution is 1.95. The van der Waals surface area contributed by atoms with Crippen molar-refractivity contribution in [1.29, 1.82) is 0 Å². The monoisotopic (exact) mass is 241 g/mol. The van der Waals surface area contributed by atoms with Crippen molar-refractivity contribution in [3.05, 3.63) is 47.6 Å². The molecule has 1 heterocycles. The van der Waals surface area contributed by atoms with E-state index in [9.17, 15) is 0 Å². The summed E-state index contributed by atoms with van der Waals surface area (Å²) < 4.78 is 5.00. The molecule has 1 N–H and O–H groups in total. The molecule has 0 amide bonds. The molecule has 92 valence electrons. The van der Waals surface area contributed by atoms with Gasteiger partial charge in [0.05, 0.1) is 6.54 Å². The molecule has 0 spiro atoms. The van der Waals surface area contributed by atoms with Crippen LogP contribution >= 0.6 is 0 Å². The van der Waals surface area contributed by atoms with E-state index in [2.05, 4.69) is 27.3 Å². The molecule has 0 fully saturated rings. The number of aryl methyl sites for hydroxylation is 1. The molecule has 0 atom stereocenters. The molecule has 1 aromatic carbocycles. The molecular weight excluding hydrogens is 226 g/mol. The predicted octanol–water partition coefficient (Wildman–Crippen LogP) is 1.56. The lowest BCUT2D eigenvalue weighted by Gasteiger charge is -1.95. The number of benzene rings is 1. The average molecular weight is 241 g/mol. The van der Waals surface area contributed by atoms with Crippen LogP contribution in [-0.2, 0) is 6.42 Å². The van der Waals surface area contributed by atoms with Gasteiger partial charge in [-0.15, -0.1) is 0 Å². The summed E-state index contributed by atoms with van der Waals surface area (Å²) in [4.78, 5) is 4.12. The first-order chi connectivity index (χ1) is 8.84. The number of rotatable bonds is 4. The first-order valence-electron chi connectivity index (χ1n) is 5.88. The van der Waals surface area contributed by atoms with Crippen LogP contribution in [0.1, 0.15) is 17.3 Å². The molecule has 2 aromatic rings. The molecule has 0 bridgehead atoms. The summed E-state index contributed by atoms with van der Waals surface area (Å²) in [6.45, 7) is 3.25. The zero-order chi connectivity index (χ0) is 12.6. The van der Waals surface area contributed by atoms with E-state index in [1.807, 2.05) is 37.3 Å². The van der Waals surface area contributed by atoms with Gasteiger partial charge in [-0.2, -0.15) is 4.98 Å². The highest BCUT2D eigenvalue weighted by Gasteiger charge is 2.00. The summed E-state index contributed by atoms with van der Waals surface area (Å²) in [7, 11) is 0. The fourth-order valence-electron chi connectivity index (χ4n) is 1.46. The van der Waals surface area contributed by atoms with Crippen LogP contribution in [0.15, 0.2) is 34.9 Å². The van der Waals surface area contributed by atoms with Gasteiger partial charge in [0.25, 0.3) is 0 Å². The number of nitrogens with zero attached hydrogens (tertiary/aromatic N) is 2. The van der Waals surface area contributed by atoms with E-state index in [-0.39, 0.29) is 0 Å². The van der Waals surface area contributed by atoms with Gasteiger partial charge >= 0.3 is 0 Å². The smallest absolute Gasteiger partial charge is 0.227 e. The zero-order valence-corrected chi connectivity index (χ0v) is 10.3. The maximum atomic E-state index is 5.00. The summed E-state index contributed by atoms with van der Waals surface area (Å²) >= 11 is 0. The van der Waals surface area contributed by atoms with Gasteiger partial charge < -0.3 is 9.84 Å². The second-order valence-corrected chi connectivity index (χ2v) is 3.83. The van der Waals surface area contributed by atoms with E-state index in [4.69, 9.17) is 4.52 Å². The van der Waals surface area contributed by atoms with Gasteiger partial charge in [-0.3, -0.25) is 0 Å². The zero-order valence-electron chi connectivity index (χ0n) is 10.3. The Bertz CT molecular complexity index is 537. The quantitative estimate of drug-likeness (QED) is 0.652. The summed E-state index contributed by atoms with van der Waals surface area (Å²) in [6, 6.07) is 9.93. The summed E-state index contributed by atoms with van der Waals surface area (Å²) in [6.07, 6.45) is 0.730. The van der Waals surface area contributed by atoms with Crippen LogP contribution in [0.3, 0.4) is 0 Å². The third kappa shape index (κ3) is 4.04. The molecule has 2 rings (SSSR count). The molecule has 0 saturated heterocycles. The minimum Gasteiger partial charge on any atom is -0.339 e. The van der Waals surface area contributed by atoms with Crippen molar-refractivity contribution in [2.75, 3.05) is 13.1 Å². The predicted molar refractivity (Wildman–Crippen MR) is 68.9 cm³/mol. The van der Waals surface area contributed by atoms with Crippen molar-refractivity contribution in [3.63, 3.8) is 0 Å². The third-order valence-corrected chi connectivity index (χ3v) is 2.31. The van der Waals surface area contributed by atoms with E-state index < -0.39 is 0 Å². The van der Waals surface area contributed by atoms with Crippen LogP contribution in [0, 0.1) is 18.8 Å². The molecular formula is C14H15N3O. The molecule has 4 nitrogen and oxygen atoms in total. The van der Waals surface area contributed by atoms with Gasteiger partial charge in [0.15, 0.2) is 5.82 Å². The molecule has 1 aromatic heterocycles. The molecule has 0 aliphatic heterocycles. The summed E-state index contributed by atoms with van der Waals surface area (Å²) in [5.41, 5.74) is 1.03. The van der Waals surface area contributed by atoms with Crippen molar-refractivity contribution in [2.24, 2.45) is 0 Å². The second-order valence-electron chi connectivity index (χ2n) is 3.83. The lowest BCUT2D eigenvalue weighted by atomic mass is 10.2. The van der Waals surface area contributed by atoms with Crippen molar-refractivity contribution in [1.82, 2.24) is 15.5 Å². The van der Waals surface area contributed by atoms with E-state index in [1.54, 1.807) is 0 Å². The summed E-state index contributed by atoms with van der Waals surface area (Å²) in [5, 5.41) is 6.94. The minimum absolute atomic E-state index is 0.655. The van der Waals surface area contributed by atoms with Crippen LogP contribution in [-0.4, -0.2) is 23.2 Å². The molecule has 18 heavy (non-hydrogen) atoms. The fourth-order valence-corrected chi connectivity index (χ4v) is 1.46. The molecule has 4 heteroatoms. The Kier molecular flexibility index (Phi) is 4.51. The largest absolute Gasteiger partial charge is 0.339 e. The van der Waals surface area contributed by atoms with Gasteiger partial charge in [-0.1, -0.05) is 35.2 Å². The van der Waals surface area contributed by atoms with E-state index in [0.29, 0.717) is 18.3 Å². The van der Waals surface area contributed by atoms with Crippen LogP contribution in [0.5, 0.6) is 0 Å². The second kappa shape index (κ2) is 6.58. The minimum atomic E-state index is 0.655. The summed E-state index contributed by atoms with van der Waals surface area (Å²) in [5.74, 6) is 7.49. The highest BCUT2D eigenvalue weighted by atomic mass is 16.5.